The van der Waals surface area contributed by atoms with E-state index < -0.39 is 11.5 Å². The van der Waals surface area contributed by atoms with E-state index in [0.717, 1.165) is 6.42 Å². The molecule has 16 heavy (non-hydrogen) atoms. The first-order valence-electron chi connectivity index (χ1n) is 5.48. The Labute approximate surface area is 97.6 Å². The first-order chi connectivity index (χ1) is 6.98. The van der Waals surface area contributed by atoms with Gasteiger partial charge in [-0.1, -0.05) is 20.8 Å². The molecule has 0 heterocycles. The molecule has 0 aromatic carbocycles. The largest absolute Gasteiger partial charge is 0.480 e. The van der Waals surface area contributed by atoms with Crippen LogP contribution in [0.1, 0.15) is 47.5 Å². The summed E-state index contributed by atoms with van der Waals surface area (Å²) in [6.07, 6.45) is 1.14. The third-order valence-corrected chi connectivity index (χ3v) is 2.82. The molecule has 0 aliphatic carbocycles. The number of rotatable bonds is 4. The van der Waals surface area contributed by atoms with Gasteiger partial charge in [-0.2, -0.15) is 0 Å². The molecule has 94 valence electrons. The van der Waals surface area contributed by atoms with Gasteiger partial charge in [0.15, 0.2) is 0 Å². The maximum absolute atomic E-state index is 11.8. The lowest BCUT2D eigenvalue weighted by atomic mass is 9.90. The minimum atomic E-state index is -1.14. The normalized spacial score (nSPS) is 12.4. The van der Waals surface area contributed by atoms with Crippen LogP contribution in [0.3, 0.4) is 0 Å². The molecular formula is C12H23NO3. The van der Waals surface area contributed by atoms with Crippen molar-refractivity contribution in [3.05, 3.63) is 0 Å². The number of carboxylic acids is 1. The molecule has 1 amide bonds. The zero-order valence-corrected chi connectivity index (χ0v) is 11.1. The Bertz CT molecular complexity index is 276. The highest BCUT2D eigenvalue weighted by Gasteiger charge is 2.35. The number of carboxylic acid groups (broad SMARTS) is 1. The van der Waals surface area contributed by atoms with Gasteiger partial charge >= 0.3 is 5.97 Å². The molecule has 0 aromatic heterocycles. The summed E-state index contributed by atoms with van der Waals surface area (Å²) in [5, 5.41) is 8.99. The van der Waals surface area contributed by atoms with Gasteiger partial charge < -0.3 is 10.0 Å². The number of hydrogen-bond acceptors (Lipinski definition) is 2. The van der Waals surface area contributed by atoms with Crippen molar-refractivity contribution in [1.29, 1.82) is 0 Å². The zero-order chi connectivity index (χ0) is 13.1. The number of amides is 1. The Morgan fingerprint density at radius 1 is 1.12 bits per heavy atom. The van der Waals surface area contributed by atoms with Gasteiger partial charge in [-0.25, -0.2) is 4.79 Å². The van der Waals surface area contributed by atoms with Gasteiger partial charge in [-0.05, 0) is 25.7 Å². The minimum absolute atomic E-state index is 0.0872. The molecule has 0 aromatic rings. The van der Waals surface area contributed by atoms with Gasteiger partial charge in [-0.3, -0.25) is 4.79 Å². The Balaban J connectivity index is 4.46. The first kappa shape index (κ1) is 14.9. The summed E-state index contributed by atoms with van der Waals surface area (Å²) in [5.74, 6) is -1.11. The minimum Gasteiger partial charge on any atom is -0.480 e. The number of hydrogen-bond donors (Lipinski definition) is 1. The van der Waals surface area contributed by atoms with E-state index in [1.54, 1.807) is 7.05 Å². The van der Waals surface area contributed by atoms with Crippen molar-refractivity contribution in [2.24, 2.45) is 5.41 Å². The topological polar surface area (TPSA) is 57.6 Å². The maximum atomic E-state index is 11.8. The van der Waals surface area contributed by atoms with Crippen molar-refractivity contribution < 1.29 is 14.7 Å². The van der Waals surface area contributed by atoms with Crippen molar-refractivity contribution in [2.75, 3.05) is 7.05 Å². The molecule has 0 aliphatic heterocycles. The van der Waals surface area contributed by atoms with E-state index in [1.165, 1.54) is 18.7 Å². The second-order valence-electron chi connectivity index (χ2n) is 5.88. The van der Waals surface area contributed by atoms with Crippen molar-refractivity contribution >= 4 is 11.9 Å². The standard InChI is InChI=1S/C12H23NO3/c1-11(2,3)8-7-9(14)13(6)12(4,5)10(15)16/h7-8H2,1-6H3,(H,15,16). The Morgan fingerprint density at radius 2 is 1.56 bits per heavy atom. The van der Waals surface area contributed by atoms with Crippen LogP contribution in [0.15, 0.2) is 0 Å². The van der Waals surface area contributed by atoms with Gasteiger partial charge in [-0.15, -0.1) is 0 Å². The molecular weight excluding hydrogens is 206 g/mol. The van der Waals surface area contributed by atoms with Gasteiger partial charge in [0.2, 0.25) is 5.91 Å². The van der Waals surface area contributed by atoms with Crippen molar-refractivity contribution in [2.45, 2.75) is 53.0 Å². The highest BCUT2D eigenvalue weighted by Crippen LogP contribution is 2.22. The highest BCUT2D eigenvalue weighted by molar-refractivity contribution is 5.86. The van der Waals surface area contributed by atoms with Crippen LogP contribution in [0.4, 0.5) is 0 Å². The molecule has 1 N–H and O–H groups in total. The van der Waals surface area contributed by atoms with Crippen LogP contribution >= 0.6 is 0 Å². The summed E-state index contributed by atoms with van der Waals surface area (Å²) < 4.78 is 0. The number of nitrogens with zero attached hydrogens (tertiary/aromatic N) is 1. The molecule has 0 rings (SSSR count). The molecule has 0 atom stereocenters. The first-order valence-corrected chi connectivity index (χ1v) is 5.48. The summed E-state index contributed by atoms with van der Waals surface area (Å²) in [6, 6.07) is 0. The fraction of sp³-hybridized carbons (Fsp3) is 0.833. The lowest BCUT2D eigenvalue weighted by molar-refractivity contribution is -0.155. The third-order valence-electron chi connectivity index (χ3n) is 2.82. The average Bonchev–Trinajstić information content (AvgIpc) is 2.11. The molecule has 0 saturated carbocycles. The quantitative estimate of drug-likeness (QED) is 0.803. The molecule has 0 radical (unpaired) electrons. The molecule has 0 fully saturated rings. The predicted molar refractivity (Wildman–Crippen MR) is 63.2 cm³/mol. The van der Waals surface area contributed by atoms with E-state index >= 15 is 0 Å². The van der Waals surface area contributed by atoms with Gasteiger partial charge in [0.25, 0.3) is 0 Å². The van der Waals surface area contributed by atoms with Crippen LogP contribution in [-0.2, 0) is 9.59 Å². The molecule has 4 nitrogen and oxygen atoms in total. The van der Waals surface area contributed by atoms with E-state index in [0.29, 0.717) is 6.42 Å². The number of carbonyl (C=O) groups excluding carboxylic acids is 1. The van der Waals surface area contributed by atoms with E-state index in [2.05, 4.69) is 20.8 Å². The van der Waals surface area contributed by atoms with Crippen LogP contribution in [-0.4, -0.2) is 34.5 Å². The summed E-state index contributed by atoms with van der Waals surface area (Å²) in [4.78, 5) is 24.1. The van der Waals surface area contributed by atoms with Gasteiger partial charge in [0, 0.05) is 13.5 Å². The number of aliphatic carboxylic acids is 1. The second kappa shape index (κ2) is 4.85. The van der Waals surface area contributed by atoms with E-state index in [4.69, 9.17) is 5.11 Å². The molecule has 0 spiro atoms. The zero-order valence-electron chi connectivity index (χ0n) is 11.1. The average molecular weight is 229 g/mol. The van der Waals surface area contributed by atoms with E-state index in [-0.39, 0.29) is 11.3 Å². The predicted octanol–water partition coefficient (Wildman–Crippen LogP) is 2.13. The third kappa shape index (κ3) is 4.21. The van der Waals surface area contributed by atoms with Crippen molar-refractivity contribution in [3.8, 4) is 0 Å². The Morgan fingerprint density at radius 3 is 1.88 bits per heavy atom. The summed E-state index contributed by atoms with van der Waals surface area (Å²) in [5.41, 5.74) is -1.06. The van der Waals surface area contributed by atoms with Crippen LogP contribution in [0.25, 0.3) is 0 Å². The van der Waals surface area contributed by atoms with Crippen LogP contribution in [0, 0.1) is 5.41 Å². The fourth-order valence-electron chi connectivity index (χ4n) is 1.10. The van der Waals surface area contributed by atoms with E-state index in [1.807, 2.05) is 0 Å². The Hall–Kier alpha value is -1.06. The monoisotopic (exact) mass is 229 g/mol. The van der Waals surface area contributed by atoms with Crippen LogP contribution in [0.5, 0.6) is 0 Å². The molecule has 0 saturated heterocycles. The molecule has 0 unspecified atom stereocenters. The van der Waals surface area contributed by atoms with Gasteiger partial charge in [0.1, 0.15) is 5.54 Å². The van der Waals surface area contributed by atoms with Crippen molar-refractivity contribution in [3.63, 3.8) is 0 Å². The highest BCUT2D eigenvalue weighted by atomic mass is 16.4. The SMILES string of the molecule is CN(C(=O)CCC(C)(C)C)C(C)(C)C(=O)O. The summed E-state index contributed by atoms with van der Waals surface area (Å²) >= 11 is 0. The molecule has 0 bridgehead atoms. The smallest absolute Gasteiger partial charge is 0.329 e. The number of likely N-dealkylation sites (N-methyl/N-ethyl adjacent to an activating group) is 1. The molecule has 4 heteroatoms. The summed E-state index contributed by atoms with van der Waals surface area (Å²) in [7, 11) is 1.54. The van der Waals surface area contributed by atoms with E-state index in [9.17, 15) is 9.59 Å². The van der Waals surface area contributed by atoms with Crippen molar-refractivity contribution in [1.82, 2.24) is 4.90 Å². The summed E-state index contributed by atoms with van der Waals surface area (Å²) in [6.45, 7) is 9.24. The second-order valence-corrected chi connectivity index (χ2v) is 5.88. The lowest BCUT2D eigenvalue weighted by Gasteiger charge is -2.32. The van der Waals surface area contributed by atoms with Crippen LogP contribution < -0.4 is 0 Å². The van der Waals surface area contributed by atoms with Gasteiger partial charge in [0.05, 0.1) is 0 Å². The lowest BCUT2D eigenvalue weighted by Crippen LogP contribution is -2.50. The maximum Gasteiger partial charge on any atom is 0.329 e. The fourth-order valence-corrected chi connectivity index (χ4v) is 1.10. The Kier molecular flexibility index (Phi) is 4.53. The molecule has 0 aliphatic rings. The van der Waals surface area contributed by atoms with Crippen LogP contribution in [0.2, 0.25) is 0 Å². The number of carbonyl (C=O) groups is 2.